The van der Waals surface area contributed by atoms with Gasteiger partial charge >= 0.3 is 7.12 Å². The SMILES string of the molecule is CC[C@@]12CCC[C@@H]1OB(C(C)(C)C)O2. The zero-order valence-corrected chi connectivity index (χ0v) is 9.80. The summed E-state index contributed by atoms with van der Waals surface area (Å²) >= 11 is 0. The van der Waals surface area contributed by atoms with E-state index in [4.69, 9.17) is 9.31 Å². The van der Waals surface area contributed by atoms with Crippen LogP contribution >= 0.6 is 0 Å². The zero-order chi connectivity index (χ0) is 10.4. The van der Waals surface area contributed by atoms with Crippen molar-refractivity contribution in [1.82, 2.24) is 0 Å². The van der Waals surface area contributed by atoms with Crippen LogP contribution in [0.2, 0.25) is 5.31 Å². The van der Waals surface area contributed by atoms with Crippen LogP contribution in [0.4, 0.5) is 0 Å². The van der Waals surface area contributed by atoms with Crippen LogP contribution in [0.1, 0.15) is 53.4 Å². The largest absolute Gasteiger partial charge is 0.463 e. The maximum Gasteiger partial charge on any atom is 0.463 e. The lowest BCUT2D eigenvalue weighted by Crippen LogP contribution is -2.35. The first kappa shape index (κ1) is 10.5. The summed E-state index contributed by atoms with van der Waals surface area (Å²) in [5.74, 6) is 0. The lowest BCUT2D eigenvalue weighted by molar-refractivity contribution is 0.0571. The van der Waals surface area contributed by atoms with Gasteiger partial charge in [0, 0.05) is 0 Å². The molecule has 1 saturated heterocycles. The maximum absolute atomic E-state index is 6.16. The van der Waals surface area contributed by atoms with Crippen molar-refractivity contribution in [3.8, 4) is 0 Å². The fourth-order valence-electron chi connectivity index (χ4n) is 2.60. The Morgan fingerprint density at radius 2 is 2.14 bits per heavy atom. The van der Waals surface area contributed by atoms with E-state index in [1.807, 2.05) is 0 Å². The van der Waals surface area contributed by atoms with Crippen LogP contribution in [-0.4, -0.2) is 18.8 Å². The molecule has 2 fully saturated rings. The van der Waals surface area contributed by atoms with Crippen LogP contribution in [0.5, 0.6) is 0 Å². The molecular weight excluding hydrogens is 175 g/mol. The fraction of sp³-hybridized carbons (Fsp3) is 1.00. The standard InChI is InChI=1S/C11H21BO2/c1-5-11-8-6-7-9(11)13-12(14-11)10(2,3)4/h9H,5-8H2,1-4H3/t9-,11+/m0/s1. The molecule has 0 aromatic rings. The van der Waals surface area contributed by atoms with Gasteiger partial charge in [0.1, 0.15) is 0 Å². The monoisotopic (exact) mass is 196 g/mol. The highest BCUT2D eigenvalue weighted by Gasteiger charge is 2.56. The molecule has 2 rings (SSSR count). The molecule has 0 spiro atoms. The Balaban J connectivity index is 2.13. The van der Waals surface area contributed by atoms with Gasteiger partial charge in [-0.2, -0.15) is 0 Å². The van der Waals surface area contributed by atoms with Crippen LogP contribution in [0, 0.1) is 0 Å². The quantitative estimate of drug-likeness (QED) is 0.600. The molecule has 1 aliphatic heterocycles. The highest BCUT2D eigenvalue weighted by molar-refractivity contribution is 6.49. The van der Waals surface area contributed by atoms with Gasteiger partial charge < -0.3 is 9.31 Å². The average molecular weight is 196 g/mol. The van der Waals surface area contributed by atoms with E-state index in [0.29, 0.717) is 6.10 Å². The molecule has 2 aliphatic rings. The first-order valence-electron chi connectivity index (χ1n) is 5.81. The van der Waals surface area contributed by atoms with Crippen molar-refractivity contribution in [3.05, 3.63) is 0 Å². The van der Waals surface area contributed by atoms with Crippen LogP contribution in [-0.2, 0) is 9.31 Å². The maximum atomic E-state index is 6.16. The Hall–Kier alpha value is -0.0151. The van der Waals surface area contributed by atoms with Gasteiger partial charge in [-0.05, 0) is 31.0 Å². The number of hydrogen-bond acceptors (Lipinski definition) is 2. The molecule has 0 amide bonds. The minimum absolute atomic E-state index is 0.00671. The second kappa shape index (κ2) is 3.24. The molecule has 80 valence electrons. The van der Waals surface area contributed by atoms with Crippen molar-refractivity contribution >= 4 is 7.12 Å². The van der Waals surface area contributed by atoms with E-state index in [9.17, 15) is 0 Å². The van der Waals surface area contributed by atoms with Crippen molar-refractivity contribution in [3.63, 3.8) is 0 Å². The lowest BCUT2D eigenvalue weighted by atomic mass is 9.61. The van der Waals surface area contributed by atoms with Crippen LogP contribution < -0.4 is 0 Å². The Kier molecular flexibility index (Phi) is 2.43. The molecule has 1 saturated carbocycles. The molecule has 2 nitrogen and oxygen atoms in total. The summed E-state index contributed by atoms with van der Waals surface area (Å²) in [5, 5.41) is 0.104. The third-order valence-electron chi connectivity index (χ3n) is 3.59. The van der Waals surface area contributed by atoms with Gasteiger partial charge in [-0.1, -0.05) is 27.7 Å². The number of hydrogen-bond donors (Lipinski definition) is 0. The first-order chi connectivity index (χ1) is 6.48. The molecule has 14 heavy (non-hydrogen) atoms. The molecule has 0 unspecified atom stereocenters. The fourth-order valence-corrected chi connectivity index (χ4v) is 2.60. The molecule has 1 aliphatic carbocycles. The summed E-state index contributed by atoms with van der Waals surface area (Å²) in [5.41, 5.74) is 0.0535. The van der Waals surface area contributed by atoms with Crippen molar-refractivity contribution in [1.29, 1.82) is 0 Å². The van der Waals surface area contributed by atoms with Gasteiger partial charge in [0.2, 0.25) is 0 Å². The van der Waals surface area contributed by atoms with Gasteiger partial charge in [0.15, 0.2) is 0 Å². The van der Waals surface area contributed by atoms with Crippen LogP contribution in [0.3, 0.4) is 0 Å². The highest BCUT2D eigenvalue weighted by atomic mass is 16.7. The number of fused-ring (bicyclic) bond motifs is 1. The summed E-state index contributed by atoms with van der Waals surface area (Å²) in [6.07, 6.45) is 5.07. The summed E-state index contributed by atoms with van der Waals surface area (Å²) in [6.45, 7) is 8.76. The summed E-state index contributed by atoms with van der Waals surface area (Å²) in [6, 6.07) is 0. The van der Waals surface area contributed by atoms with Gasteiger partial charge in [0.05, 0.1) is 11.7 Å². The van der Waals surface area contributed by atoms with E-state index in [2.05, 4.69) is 27.7 Å². The van der Waals surface area contributed by atoms with E-state index in [-0.39, 0.29) is 18.0 Å². The third kappa shape index (κ3) is 1.51. The molecule has 0 radical (unpaired) electrons. The van der Waals surface area contributed by atoms with E-state index in [1.54, 1.807) is 0 Å². The molecule has 0 aromatic carbocycles. The minimum Gasteiger partial charge on any atom is -0.405 e. The molecule has 1 heterocycles. The van der Waals surface area contributed by atoms with Crippen molar-refractivity contribution < 1.29 is 9.31 Å². The predicted molar refractivity (Wildman–Crippen MR) is 58.3 cm³/mol. The second-order valence-corrected chi connectivity index (χ2v) is 5.75. The first-order valence-corrected chi connectivity index (χ1v) is 5.81. The summed E-state index contributed by atoms with van der Waals surface area (Å²) in [4.78, 5) is 0. The van der Waals surface area contributed by atoms with Gasteiger partial charge in [0.25, 0.3) is 0 Å². The normalized spacial score (nSPS) is 37.7. The summed E-state index contributed by atoms with van der Waals surface area (Å²) < 4.78 is 12.2. The van der Waals surface area contributed by atoms with E-state index in [1.165, 1.54) is 19.3 Å². The molecule has 3 heteroatoms. The third-order valence-corrected chi connectivity index (χ3v) is 3.59. The zero-order valence-electron chi connectivity index (χ0n) is 9.80. The average Bonchev–Trinajstić information content (AvgIpc) is 2.56. The Morgan fingerprint density at radius 3 is 2.64 bits per heavy atom. The second-order valence-electron chi connectivity index (χ2n) is 5.75. The van der Waals surface area contributed by atoms with Gasteiger partial charge in [-0.15, -0.1) is 0 Å². The Morgan fingerprint density at radius 1 is 1.43 bits per heavy atom. The van der Waals surface area contributed by atoms with Gasteiger partial charge in [-0.3, -0.25) is 0 Å². The molecule has 2 atom stereocenters. The van der Waals surface area contributed by atoms with E-state index < -0.39 is 0 Å². The Bertz CT molecular complexity index is 224. The van der Waals surface area contributed by atoms with Crippen LogP contribution in [0.15, 0.2) is 0 Å². The smallest absolute Gasteiger partial charge is 0.405 e. The van der Waals surface area contributed by atoms with Crippen molar-refractivity contribution in [2.45, 2.75) is 70.4 Å². The van der Waals surface area contributed by atoms with E-state index in [0.717, 1.165) is 6.42 Å². The molecule has 0 N–H and O–H groups in total. The molecule has 0 aromatic heterocycles. The summed E-state index contributed by atoms with van der Waals surface area (Å²) in [7, 11) is -0.00671. The highest BCUT2D eigenvalue weighted by Crippen LogP contribution is 2.48. The van der Waals surface area contributed by atoms with Gasteiger partial charge in [-0.25, -0.2) is 0 Å². The van der Waals surface area contributed by atoms with Crippen molar-refractivity contribution in [2.75, 3.05) is 0 Å². The minimum atomic E-state index is -0.00671. The topological polar surface area (TPSA) is 18.5 Å². The van der Waals surface area contributed by atoms with E-state index >= 15 is 0 Å². The lowest BCUT2D eigenvalue weighted by Gasteiger charge is -2.27. The van der Waals surface area contributed by atoms with Crippen molar-refractivity contribution in [2.24, 2.45) is 0 Å². The number of rotatable bonds is 1. The van der Waals surface area contributed by atoms with Crippen LogP contribution in [0.25, 0.3) is 0 Å². The Labute approximate surface area is 87.5 Å². The predicted octanol–water partition coefficient (Wildman–Crippen LogP) is 3.02. The molecular formula is C11H21BO2. The molecule has 0 bridgehead atoms.